The molecule has 0 unspecified atom stereocenters. The van der Waals surface area contributed by atoms with E-state index in [1.54, 1.807) is 44.2 Å². The van der Waals surface area contributed by atoms with Crippen LogP contribution < -0.4 is 20.9 Å². The topological polar surface area (TPSA) is 275 Å². The molecule has 1 aromatic carbocycles. The summed E-state index contributed by atoms with van der Waals surface area (Å²) in [5.41, 5.74) is 0.187. The summed E-state index contributed by atoms with van der Waals surface area (Å²) in [5, 5.41) is 5.26. The van der Waals surface area contributed by atoms with Gasteiger partial charge in [0.1, 0.15) is 30.9 Å². The minimum Gasteiger partial charge on any atom is -0.350 e. The van der Waals surface area contributed by atoms with E-state index in [0.717, 1.165) is 0 Å². The van der Waals surface area contributed by atoms with Crippen LogP contribution in [0.4, 0.5) is 11.8 Å². The second-order valence-electron chi connectivity index (χ2n) is 13.3. The first kappa shape index (κ1) is 38.2. The summed E-state index contributed by atoms with van der Waals surface area (Å²) < 4.78 is 75.2. The molecule has 22 nitrogen and oxygen atoms in total. The first-order valence-electron chi connectivity index (χ1n) is 17.2. The van der Waals surface area contributed by atoms with Gasteiger partial charge in [-0.05, 0) is 12.1 Å². The lowest BCUT2D eigenvalue weighted by Gasteiger charge is -2.25. The molecule has 25 heteroatoms. The molecule has 0 radical (unpaired) electrons. The number of aromatic amines is 1. The number of ether oxygens (including phenoxy) is 2. The van der Waals surface area contributed by atoms with Crippen molar-refractivity contribution in [3.8, 4) is 0 Å². The summed E-state index contributed by atoms with van der Waals surface area (Å²) >= 11 is 4.21. The molecular formula is C31H34N11O11PS2. The van der Waals surface area contributed by atoms with Gasteiger partial charge in [-0.15, -0.1) is 0 Å². The van der Waals surface area contributed by atoms with E-state index in [9.17, 15) is 27.4 Å². The maximum atomic E-state index is 13.8. The van der Waals surface area contributed by atoms with Crippen molar-refractivity contribution in [2.24, 2.45) is 5.92 Å². The third-order valence-electron chi connectivity index (χ3n) is 9.14. The monoisotopic (exact) mass is 831 g/mol. The number of rotatable bonds is 6. The van der Waals surface area contributed by atoms with Gasteiger partial charge in [0.25, 0.3) is 11.5 Å². The highest BCUT2D eigenvalue weighted by atomic mass is 32.7. The average Bonchev–Trinajstić information content (AvgIpc) is 3.95. The van der Waals surface area contributed by atoms with Gasteiger partial charge in [0.05, 0.1) is 25.4 Å². The molecule has 5 aromatic rings. The summed E-state index contributed by atoms with van der Waals surface area (Å²) in [5.74, 6) is -1.22. The minimum absolute atomic E-state index is 0.00299. The second kappa shape index (κ2) is 15.0. The normalized spacial score (nSPS) is 28.0. The zero-order chi connectivity index (χ0) is 39.4. The molecule has 8 rings (SSSR count). The number of anilines is 2. The van der Waals surface area contributed by atoms with Crippen molar-refractivity contribution in [2.45, 2.75) is 63.6 Å². The summed E-state index contributed by atoms with van der Waals surface area (Å²) in [6.45, 7) is -1.69. The number of hydrogen-bond donors (Lipinski definition) is 5. The molecule has 0 spiro atoms. The molecular weight excluding hydrogens is 798 g/mol. The fourth-order valence-corrected chi connectivity index (χ4v) is 8.90. The fraction of sp³-hybridized carbons (Fsp3) is 0.419. The van der Waals surface area contributed by atoms with Gasteiger partial charge in [-0.25, -0.2) is 24.5 Å². The summed E-state index contributed by atoms with van der Waals surface area (Å²) in [6, 6.07) is 8.52. The van der Waals surface area contributed by atoms with E-state index < -0.39 is 83.9 Å². The van der Waals surface area contributed by atoms with E-state index in [1.165, 1.54) is 28.1 Å². The number of carbonyl (C=O) groups is 2. The molecule has 56 heavy (non-hydrogen) atoms. The number of carbonyl (C=O) groups excluding carboxylic acids is 2. The first-order chi connectivity index (χ1) is 26.7. The quantitative estimate of drug-likeness (QED) is 0.121. The van der Waals surface area contributed by atoms with Crippen LogP contribution in [0.15, 0.2) is 54.1 Å². The molecule has 4 aromatic heterocycles. The molecule has 0 aliphatic carbocycles. The zero-order valence-corrected chi connectivity index (χ0v) is 32.0. The number of benzene rings is 1. The number of thiol groups is 1. The lowest BCUT2D eigenvalue weighted by atomic mass is 10.2. The highest BCUT2D eigenvalue weighted by Crippen LogP contribution is 2.57. The minimum atomic E-state index is -4.46. The van der Waals surface area contributed by atoms with E-state index in [2.05, 4.69) is 57.5 Å². The number of nitrogens with one attached hydrogen (secondary N) is 4. The van der Waals surface area contributed by atoms with Crippen LogP contribution in [0.5, 0.6) is 0 Å². The number of hydrogen-bond acceptors (Lipinski definition) is 16. The van der Waals surface area contributed by atoms with E-state index >= 15 is 0 Å². The number of amides is 2. The summed E-state index contributed by atoms with van der Waals surface area (Å²) in [4.78, 5) is 61.8. The van der Waals surface area contributed by atoms with Gasteiger partial charge >= 0.3 is 17.1 Å². The Hall–Kier alpha value is -4.65. The molecule has 7 heterocycles. The Morgan fingerprint density at radius 3 is 2.52 bits per heavy atom. The van der Waals surface area contributed by atoms with Gasteiger partial charge in [-0.2, -0.15) is 18.1 Å². The van der Waals surface area contributed by atoms with E-state index in [1.807, 2.05) is 0 Å². The van der Waals surface area contributed by atoms with Crippen molar-refractivity contribution < 1.29 is 45.3 Å². The molecule has 3 aliphatic heterocycles. The van der Waals surface area contributed by atoms with E-state index in [-0.39, 0.29) is 53.5 Å². The molecule has 2 bridgehead atoms. The van der Waals surface area contributed by atoms with Crippen molar-refractivity contribution >= 4 is 75.3 Å². The Morgan fingerprint density at radius 2 is 1.73 bits per heavy atom. The predicted molar refractivity (Wildman–Crippen MR) is 198 cm³/mol. The fourth-order valence-electron chi connectivity index (χ4n) is 6.43. The number of nitrogens with zero attached hydrogens (tertiary/aromatic N) is 7. The number of aromatic nitrogens is 8. The molecule has 3 saturated heterocycles. The number of imidazole rings is 2. The lowest BCUT2D eigenvalue weighted by Crippen LogP contribution is -2.38. The van der Waals surface area contributed by atoms with Crippen molar-refractivity contribution in [2.75, 3.05) is 23.8 Å². The Kier molecular flexibility index (Phi) is 10.3. The first-order valence-corrected chi connectivity index (χ1v) is 21.3. The van der Waals surface area contributed by atoms with Crippen LogP contribution in [0.2, 0.25) is 0 Å². The van der Waals surface area contributed by atoms with Crippen LogP contribution in [0.3, 0.4) is 0 Å². The van der Waals surface area contributed by atoms with Gasteiger partial charge in [0.2, 0.25) is 11.9 Å². The highest BCUT2D eigenvalue weighted by Gasteiger charge is 2.46. The Balaban J connectivity index is 1.03. The largest absolute Gasteiger partial charge is 0.386 e. The molecule has 3 fully saturated rings. The molecule has 3 aliphatic rings. The molecule has 296 valence electrons. The van der Waals surface area contributed by atoms with E-state index in [4.69, 9.17) is 22.7 Å². The maximum Gasteiger partial charge on any atom is 0.386 e. The third kappa shape index (κ3) is 7.83. The van der Waals surface area contributed by atoms with Crippen molar-refractivity contribution in [3.05, 3.63) is 65.2 Å². The van der Waals surface area contributed by atoms with E-state index in [0.29, 0.717) is 5.56 Å². The van der Waals surface area contributed by atoms with Gasteiger partial charge < -0.3 is 14.8 Å². The summed E-state index contributed by atoms with van der Waals surface area (Å²) in [7, 11) is -4.46. The molecule has 4 N–H and O–H groups in total. The Morgan fingerprint density at radius 1 is 0.964 bits per heavy atom. The van der Waals surface area contributed by atoms with Crippen LogP contribution in [0, 0.1) is 5.92 Å². The Labute approximate surface area is 322 Å². The molecule has 0 saturated carbocycles. The smallest absolute Gasteiger partial charge is 0.350 e. The number of H-pyrrole nitrogens is 1. The van der Waals surface area contributed by atoms with Crippen LogP contribution in [0.1, 0.15) is 49.5 Å². The van der Waals surface area contributed by atoms with Gasteiger partial charge in [0.15, 0.2) is 34.4 Å². The van der Waals surface area contributed by atoms with Crippen molar-refractivity contribution in [3.63, 3.8) is 0 Å². The standard InChI is InChI=1S/C31H34N11O11PS2/c1-15(2)27(43)39-31-38-26-23(29(45)40-31)35-14-42(26)30-19-8-17(50-30)10-36-56(47,48)53-18-9-21(51-20(18)11-49-54(46,55)52-19)41-13-34-22-24(32-12-33-25(22)41)37-28(44)16-6-4-3-5-7-16/h3-7,12-15,17-21,30,36H,8-11H2,1-2H3,(H,46,55)(H,32,33,37,44)(H2,38,39,40,43,45)/t17-,18-,19+,20+,21+,30+,54+/m0/s1. The van der Waals surface area contributed by atoms with Crippen molar-refractivity contribution in [1.82, 2.24) is 43.8 Å². The molecule has 2 amide bonds. The van der Waals surface area contributed by atoms with Gasteiger partial charge in [-0.3, -0.25) is 47.0 Å². The van der Waals surface area contributed by atoms with Gasteiger partial charge in [-0.1, -0.05) is 44.3 Å². The molecule has 7 atom stereocenters. The average molecular weight is 832 g/mol. The predicted octanol–water partition coefficient (Wildman–Crippen LogP) is 2.05. The van der Waals surface area contributed by atoms with Crippen LogP contribution in [0.25, 0.3) is 22.3 Å². The van der Waals surface area contributed by atoms with Crippen LogP contribution >= 0.6 is 19.0 Å². The summed E-state index contributed by atoms with van der Waals surface area (Å²) in [6.07, 6.45) is -2.42. The number of fused-ring (bicyclic) bond motifs is 5. The van der Waals surface area contributed by atoms with Crippen molar-refractivity contribution in [1.29, 1.82) is 0 Å². The third-order valence-corrected chi connectivity index (χ3v) is 11.8. The van der Waals surface area contributed by atoms with Gasteiger partial charge in [0, 0.05) is 30.9 Å². The zero-order valence-electron chi connectivity index (χ0n) is 29.4. The lowest BCUT2D eigenvalue weighted by molar-refractivity contribution is -0.118. The highest BCUT2D eigenvalue weighted by molar-refractivity contribution is 8.44. The van der Waals surface area contributed by atoms with Crippen LogP contribution in [-0.2, 0) is 42.4 Å². The Bertz CT molecular complexity index is 2530. The maximum absolute atomic E-state index is 13.8. The SMILES string of the molecule is CC(C)C(=O)Nc1nc2c(ncn2[C@@H]2O[C@@H]3CNS(=O)(=O)O[C@H]4C[C@H](n5cnc6c(NC(=O)c7ccccc7)ncnc65)O[C@@H]4CO[P@@](=O)(S)O[C@@H]2C3)c(=O)[nH]1. The van der Waals surface area contributed by atoms with Crippen LogP contribution in [-0.4, -0.2) is 96.8 Å². The second-order valence-corrected chi connectivity index (χ2v) is 17.6.